The van der Waals surface area contributed by atoms with Gasteiger partial charge in [-0.05, 0) is 25.7 Å². The van der Waals surface area contributed by atoms with Crippen LogP contribution < -0.4 is 0 Å². The van der Waals surface area contributed by atoms with Gasteiger partial charge in [0.2, 0.25) is 11.8 Å². The van der Waals surface area contributed by atoms with Crippen LogP contribution in [-0.2, 0) is 4.79 Å². The Balaban J connectivity index is 1.75. The molecule has 5 nitrogen and oxygen atoms in total. The summed E-state index contributed by atoms with van der Waals surface area (Å²) in [7, 11) is 0. The van der Waals surface area contributed by atoms with E-state index in [-0.39, 0.29) is 11.9 Å². The molecule has 0 radical (unpaired) electrons. The summed E-state index contributed by atoms with van der Waals surface area (Å²) in [4.78, 5) is 18.0. The molecule has 0 N–H and O–H groups in total. The molecule has 0 unspecified atom stereocenters. The number of likely N-dealkylation sites (tertiary alicyclic amines) is 1. The highest BCUT2D eigenvalue weighted by Crippen LogP contribution is 2.34. The molecule has 2 aliphatic rings. The molecule has 19 heavy (non-hydrogen) atoms. The molecule has 1 atom stereocenters. The van der Waals surface area contributed by atoms with Gasteiger partial charge in [0.05, 0.1) is 0 Å². The van der Waals surface area contributed by atoms with E-state index in [2.05, 4.69) is 10.1 Å². The minimum atomic E-state index is 0.00217. The second-order valence-electron chi connectivity index (χ2n) is 5.70. The first-order valence-corrected chi connectivity index (χ1v) is 7.36. The van der Waals surface area contributed by atoms with Gasteiger partial charge in [0, 0.05) is 19.4 Å². The van der Waals surface area contributed by atoms with E-state index in [4.69, 9.17) is 4.52 Å². The third kappa shape index (κ3) is 2.51. The van der Waals surface area contributed by atoms with Crippen LogP contribution in [0.2, 0.25) is 0 Å². The minimum absolute atomic E-state index is 0.00217. The van der Waals surface area contributed by atoms with Crippen LogP contribution in [0.3, 0.4) is 0 Å². The normalized spacial score (nSPS) is 24.9. The van der Waals surface area contributed by atoms with E-state index in [0.29, 0.717) is 11.8 Å². The van der Waals surface area contributed by atoms with Crippen LogP contribution in [0, 0.1) is 0 Å². The van der Waals surface area contributed by atoms with Crippen molar-refractivity contribution in [2.75, 3.05) is 6.54 Å². The number of amides is 1. The van der Waals surface area contributed by atoms with E-state index in [9.17, 15) is 4.79 Å². The molecule has 0 spiro atoms. The average Bonchev–Trinajstić information content (AvgIpc) is 3.08. The molecule has 1 saturated heterocycles. The molecule has 1 aliphatic carbocycles. The summed E-state index contributed by atoms with van der Waals surface area (Å²) in [5.74, 6) is 2.04. The lowest BCUT2D eigenvalue weighted by Gasteiger charge is -2.20. The summed E-state index contributed by atoms with van der Waals surface area (Å²) in [6, 6.07) is 0.00217. The van der Waals surface area contributed by atoms with Crippen LogP contribution in [0.25, 0.3) is 0 Å². The maximum absolute atomic E-state index is 11.6. The molecule has 3 rings (SSSR count). The minimum Gasteiger partial charge on any atom is -0.337 e. The van der Waals surface area contributed by atoms with Gasteiger partial charge in [-0.25, -0.2) is 0 Å². The second kappa shape index (κ2) is 5.31. The summed E-state index contributed by atoms with van der Waals surface area (Å²) in [6.07, 6.45) is 8.13. The Morgan fingerprint density at radius 1 is 1.21 bits per heavy atom. The van der Waals surface area contributed by atoms with Gasteiger partial charge in [0.1, 0.15) is 6.04 Å². The smallest absolute Gasteiger partial charge is 0.249 e. The fraction of sp³-hybridized carbons (Fsp3) is 0.786. The van der Waals surface area contributed by atoms with Crippen molar-refractivity contribution >= 4 is 5.91 Å². The molecular formula is C14H21N3O2. The van der Waals surface area contributed by atoms with E-state index in [1.807, 2.05) is 4.90 Å². The molecule has 1 saturated carbocycles. The zero-order valence-corrected chi connectivity index (χ0v) is 11.5. The number of carbonyl (C=O) groups excluding carboxylic acids is 1. The molecule has 2 fully saturated rings. The van der Waals surface area contributed by atoms with Crippen molar-refractivity contribution in [1.82, 2.24) is 15.0 Å². The van der Waals surface area contributed by atoms with E-state index in [1.165, 1.54) is 32.1 Å². The number of aromatic nitrogens is 2. The zero-order chi connectivity index (χ0) is 13.2. The SMILES string of the molecule is CC(=O)N1CCC[C@H]1c1nc(C2CCCCC2)no1. The van der Waals surface area contributed by atoms with E-state index in [0.717, 1.165) is 25.2 Å². The van der Waals surface area contributed by atoms with Gasteiger partial charge < -0.3 is 9.42 Å². The number of nitrogens with zero attached hydrogens (tertiary/aromatic N) is 3. The van der Waals surface area contributed by atoms with Crippen molar-refractivity contribution in [3.8, 4) is 0 Å². The number of rotatable bonds is 2. The first-order valence-electron chi connectivity index (χ1n) is 7.36. The molecule has 1 aromatic rings. The third-order valence-electron chi connectivity index (χ3n) is 4.37. The monoisotopic (exact) mass is 263 g/mol. The quantitative estimate of drug-likeness (QED) is 0.823. The Labute approximate surface area is 113 Å². The largest absolute Gasteiger partial charge is 0.337 e. The van der Waals surface area contributed by atoms with Crippen molar-refractivity contribution in [3.63, 3.8) is 0 Å². The summed E-state index contributed by atoms with van der Waals surface area (Å²) in [6.45, 7) is 2.41. The lowest BCUT2D eigenvalue weighted by Crippen LogP contribution is -2.28. The maximum Gasteiger partial charge on any atom is 0.249 e. The molecule has 0 aromatic carbocycles. The van der Waals surface area contributed by atoms with Crippen LogP contribution in [0.5, 0.6) is 0 Å². The van der Waals surface area contributed by atoms with Gasteiger partial charge in [-0.15, -0.1) is 0 Å². The summed E-state index contributed by atoms with van der Waals surface area (Å²) >= 11 is 0. The molecule has 1 amide bonds. The van der Waals surface area contributed by atoms with Gasteiger partial charge in [-0.1, -0.05) is 24.4 Å². The van der Waals surface area contributed by atoms with Crippen LogP contribution >= 0.6 is 0 Å². The predicted octanol–water partition coefficient (Wildman–Crippen LogP) is 2.80. The van der Waals surface area contributed by atoms with Crippen LogP contribution in [0.4, 0.5) is 0 Å². The number of hydrogen-bond acceptors (Lipinski definition) is 4. The maximum atomic E-state index is 11.6. The lowest BCUT2D eigenvalue weighted by molar-refractivity contribution is -0.130. The zero-order valence-electron chi connectivity index (χ0n) is 11.5. The number of hydrogen-bond donors (Lipinski definition) is 0. The van der Waals surface area contributed by atoms with Crippen LogP contribution in [-0.4, -0.2) is 27.5 Å². The van der Waals surface area contributed by atoms with Gasteiger partial charge in [-0.3, -0.25) is 4.79 Å². The highest BCUT2D eigenvalue weighted by Gasteiger charge is 2.33. The first-order chi connectivity index (χ1) is 9.25. The molecule has 2 heterocycles. The third-order valence-corrected chi connectivity index (χ3v) is 4.37. The Morgan fingerprint density at radius 3 is 2.74 bits per heavy atom. The Hall–Kier alpha value is -1.39. The van der Waals surface area contributed by atoms with Gasteiger partial charge in [0.15, 0.2) is 5.82 Å². The highest BCUT2D eigenvalue weighted by atomic mass is 16.5. The van der Waals surface area contributed by atoms with E-state index < -0.39 is 0 Å². The molecular weight excluding hydrogens is 242 g/mol. The van der Waals surface area contributed by atoms with Gasteiger partial charge in [0.25, 0.3) is 0 Å². The van der Waals surface area contributed by atoms with Crippen molar-refractivity contribution < 1.29 is 9.32 Å². The molecule has 104 valence electrons. The summed E-state index contributed by atoms with van der Waals surface area (Å²) in [5.41, 5.74) is 0. The van der Waals surface area contributed by atoms with Crippen LogP contribution in [0.1, 0.15) is 75.5 Å². The van der Waals surface area contributed by atoms with Crippen molar-refractivity contribution in [2.45, 2.75) is 63.8 Å². The fourth-order valence-electron chi connectivity index (χ4n) is 3.31. The van der Waals surface area contributed by atoms with E-state index >= 15 is 0 Å². The predicted molar refractivity (Wildman–Crippen MR) is 69.5 cm³/mol. The molecule has 5 heteroatoms. The molecule has 1 aliphatic heterocycles. The van der Waals surface area contributed by atoms with Gasteiger partial charge >= 0.3 is 0 Å². The number of carbonyl (C=O) groups is 1. The second-order valence-corrected chi connectivity index (χ2v) is 5.70. The highest BCUT2D eigenvalue weighted by molar-refractivity contribution is 5.73. The van der Waals surface area contributed by atoms with Crippen molar-refractivity contribution in [3.05, 3.63) is 11.7 Å². The summed E-state index contributed by atoms with van der Waals surface area (Å²) < 4.78 is 5.43. The summed E-state index contributed by atoms with van der Waals surface area (Å²) in [5, 5.41) is 4.15. The van der Waals surface area contributed by atoms with Crippen LogP contribution in [0.15, 0.2) is 4.52 Å². The molecule has 1 aromatic heterocycles. The van der Waals surface area contributed by atoms with Gasteiger partial charge in [-0.2, -0.15) is 4.98 Å². The first kappa shape index (κ1) is 12.6. The lowest BCUT2D eigenvalue weighted by atomic mass is 9.89. The van der Waals surface area contributed by atoms with Crippen molar-refractivity contribution in [1.29, 1.82) is 0 Å². The fourth-order valence-corrected chi connectivity index (χ4v) is 3.31. The Morgan fingerprint density at radius 2 is 2.00 bits per heavy atom. The average molecular weight is 263 g/mol. The Bertz CT molecular complexity index is 451. The topological polar surface area (TPSA) is 59.2 Å². The van der Waals surface area contributed by atoms with Crippen molar-refractivity contribution in [2.24, 2.45) is 0 Å². The Kier molecular flexibility index (Phi) is 3.53. The molecule has 0 bridgehead atoms. The van der Waals surface area contributed by atoms with E-state index in [1.54, 1.807) is 6.92 Å². The standard InChI is InChI=1S/C14H21N3O2/c1-10(18)17-9-5-8-12(17)14-15-13(16-19-14)11-6-3-2-4-7-11/h11-12H,2-9H2,1H3/t12-/m0/s1.